The lowest BCUT2D eigenvalue weighted by atomic mass is 10.1. The first-order valence-corrected chi connectivity index (χ1v) is 19.5. The number of rotatable bonds is 10. The van der Waals surface area contributed by atoms with E-state index in [1.807, 2.05) is 0 Å². The van der Waals surface area contributed by atoms with E-state index in [0.29, 0.717) is 29.1 Å². The molecule has 308 valence electrons. The Morgan fingerprint density at radius 3 is 1.68 bits per heavy atom. The van der Waals surface area contributed by atoms with Gasteiger partial charge in [0.2, 0.25) is 17.7 Å². The SMILES string of the molecule is CC(Oc1cc(/C=C2\SC(=O)N(C)C2=O)c(Br)c(F)c1O)C(=O)c1cnc(N)nc1.CN1C(=O)S/C(=C\c2cc(OCC(O)c3cnc(N)nc3)c(O)c(F)c2Br)C1=O. The van der Waals surface area contributed by atoms with Crippen LogP contribution in [-0.4, -0.2) is 99.9 Å². The van der Waals surface area contributed by atoms with Crippen molar-refractivity contribution in [3.05, 3.63) is 89.6 Å². The first-order valence-electron chi connectivity index (χ1n) is 16.3. The highest BCUT2D eigenvalue weighted by atomic mass is 79.9. The Morgan fingerprint density at radius 2 is 1.24 bits per heavy atom. The predicted octanol–water partition coefficient (Wildman–Crippen LogP) is 5.43. The Kier molecular flexibility index (Phi) is 13.9. The summed E-state index contributed by atoms with van der Waals surface area (Å²) < 4.78 is 39.4. The minimum Gasteiger partial charge on any atom is -0.502 e. The Morgan fingerprint density at radius 1 is 0.814 bits per heavy atom. The number of anilines is 2. The number of nitrogens with two attached hydrogens (primary N) is 2. The standard InChI is InChI=1S/C18H14BrFN4O5S.C17H14BrFN4O5S/c1-7(14(25)9-5-22-17(21)23-6-9)29-10-3-8(12(19)13(20)15(10)26)4-11-16(27)24(2)18(28)30-11;1-23-15(26)11(29-17(23)27)3-7-2-10(14(25)13(19)12(7)18)28-6-9(24)8-4-21-16(20)22-5-8/h3-7,26H,1-2H3,(H2,21,22,23);2-5,9,24-25H,6H2,1H3,(H2,20,21,22)/b11-4-;11-3-. The summed E-state index contributed by atoms with van der Waals surface area (Å²) in [5.74, 6) is -5.82. The molecule has 2 saturated heterocycles. The number of thioether (sulfide) groups is 2. The Hall–Kier alpha value is -5.69. The average Bonchev–Trinajstić information content (AvgIpc) is 3.60. The van der Waals surface area contributed by atoms with Gasteiger partial charge in [0, 0.05) is 44.4 Å². The van der Waals surface area contributed by atoms with E-state index in [4.69, 9.17) is 20.9 Å². The molecular formula is C35H28Br2F2N8O10S2. The maximum absolute atomic E-state index is 14.5. The number of phenols is 2. The van der Waals surface area contributed by atoms with Crippen molar-refractivity contribution in [3.63, 3.8) is 0 Å². The molecule has 2 aliphatic rings. The Labute approximate surface area is 356 Å². The molecule has 18 nitrogen and oxygen atoms in total. The number of likely N-dealkylation sites (N-methyl/N-ethyl adjacent to an activating group) is 2. The van der Waals surface area contributed by atoms with Gasteiger partial charge < -0.3 is 36.3 Å². The fourth-order valence-corrected chi connectivity index (χ4v) is 7.21. The number of Topliss-reactive ketones (excluding diaryl/α,β-unsaturated/α-hetero) is 1. The van der Waals surface area contributed by atoms with E-state index in [1.54, 1.807) is 0 Å². The highest BCUT2D eigenvalue weighted by molar-refractivity contribution is 9.10. The highest BCUT2D eigenvalue weighted by Gasteiger charge is 2.34. The number of aliphatic hydroxyl groups excluding tert-OH is 1. The van der Waals surface area contributed by atoms with Gasteiger partial charge in [0.25, 0.3) is 22.3 Å². The molecule has 4 aromatic rings. The monoisotopic (exact) mass is 980 g/mol. The zero-order valence-corrected chi connectivity index (χ0v) is 35.2. The van der Waals surface area contributed by atoms with Crippen LogP contribution in [0.5, 0.6) is 23.0 Å². The van der Waals surface area contributed by atoms with Crippen LogP contribution in [-0.2, 0) is 9.59 Å². The first-order chi connectivity index (χ1) is 27.8. The van der Waals surface area contributed by atoms with Crippen LogP contribution in [0, 0.1) is 11.6 Å². The number of aliphatic hydroxyl groups is 1. The van der Waals surface area contributed by atoms with Crippen LogP contribution in [0.1, 0.15) is 40.1 Å². The molecule has 7 N–H and O–H groups in total. The van der Waals surface area contributed by atoms with Gasteiger partial charge in [-0.1, -0.05) is 0 Å². The third kappa shape index (κ3) is 9.96. The molecule has 2 fully saturated rings. The number of nitrogen functional groups attached to an aromatic ring is 2. The number of carbonyl (C=O) groups is 5. The summed E-state index contributed by atoms with van der Waals surface area (Å²) in [6.45, 7) is 1.06. The Bertz CT molecular complexity index is 2450. The molecule has 2 aromatic carbocycles. The van der Waals surface area contributed by atoms with E-state index in [2.05, 4.69) is 51.8 Å². The summed E-state index contributed by atoms with van der Waals surface area (Å²) in [4.78, 5) is 76.8. The van der Waals surface area contributed by atoms with Crippen molar-refractivity contribution >= 4 is 108 Å². The molecule has 4 amide bonds. The van der Waals surface area contributed by atoms with Crippen molar-refractivity contribution in [1.29, 1.82) is 0 Å². The van der Waals surface area contributed by atoms with Crippen LogP contribution in [0.2, 0.25) is 0 Å². The molecule has 0 saturated carbocycles. The second kappa shape index (κ2) is 18.5. The smallest absolute Gasteiger partial charge is 0.293 e. The van der Waals surface area contributed by atoms with Crippen molar-refractivity contribution in [2.75, 3.05) is 32.2 Å². The van der Waals surface area contributed by atoms with Crippen LogP contribution in [0.3, 0.4) is 0 Å². The van der Waals surface area contributed by atoms with Crippen molar-refractivity contribution < 1.29 is 57.5 Å². The topological polar surface area (TPSA) is 275 Å². The molecule has 0 bridgehead atoms. The second-order valence-corrected chi connectivity index (χ2v) is 15.6. The van der Waals surface area contributed by atoms with E-state index in [1.165, 1.54) is 70.1 Å². The summed E-state index contributed by atoms with van der Waals surface area (Å²) in [6, 6.07) is 2.52. The number of carbonyl (C=O) groups excluding carboxylic acids is 5. The van der Waals surface area contributed by atoms with Crippen molar-refractivity contribution in [2.24, 2.45) is 0 Å². The van der Waals surface area contributed by atoms with E-state index >= 15 is 0 Å². The lowest BCUT2D eigenvalue weighted by Gasteiger charge is -2.16. The number of hydrogen-bond donors (Lipinski definition) is 5. The van der Waals surface area contributed by atoms with E-state index in [9.17, 15) is 48.1 Å². The molecule has 0 spiro atoms. The summed E-state index contributed by atoms with van der Waals surface area (Å²) >= 11 is 7.42. The molecule has 2 unspecified atom stereocenters. The van der Waals surface area contributed by atoms with Crippen molar-refractivity contribution in [3.8, 4) is 23.0 Å². The average molecular weight is 983 g/mol. The van der Waals surface area contributed by atoms with E-state index in [0.717, 1.165) is 9.80 Å². The molecule has 4 heterocycles. The molecule has 2 atom stereocenters. The molecule has 24 heteroatoms. The summed E-state index contributed by atoms with van der Waals surface area (Å²) in [7, 11) is 2.66. The van der Waals surface area contributed by atoms with Gasteiger partial charge in [0.05, 0.1) is 24.3 Å². The van der Waals surface area contributed by atoms with Gasteiger partial charge in [-0.05, 0) is 97.7 Å². The summed E-state index contributed by atoms with van der Waals surface area (Å²) in [5, 5.41) is 29.3. The summed E-state index contributed by atoms with van der Waals surface area (Å²) in [5.41, 5.74) is 11.5. The van der Waals surface area contributed by atoms with Crippen LogP contribution in [0.25, 0.3) is 12.2 Å². The molecule has 2 aromatic heterocycles. The largest absolute Gasteiger partial charge is 0.502 e. The Balaban J connectivity index is 0.000000224. The van der Waals surface area contributed by atoms with E-state index < -0.39 is 63.4 Å². The quantitative estimate of drug-likeness (QED) is 0.0979. The summed E-state index contributed by atoms with van der Waals surface area (Å²) in [6.07, 6.45) is 5.36. The maximum Gasteiger partial charge on any atom is 0.293 e. The lowest BCUT2D eigenvalue weighted by Crippen LogP contribution is -2.24. The van der Waals surface area contributed by atoms with Gasteiger partial charge in [-0.25, -0.2) is 28.7 Å². The number of imide groups is 2. The molecule has 59 heavy (non-hydrogen) atoms. The third-order valence-corrected chi connectivity index (χ3v) is 11.5. The predicted molar refractivity (Wildman–Crippen MR) is 217 cm³/mol. The number of aromatic hydroxyl groups is 2. The van der Waals surface area contributed by atoms with Crippen molar-refractivity contribution in [2.45, 2.75) is 19.1 Å². The zero-order chi connectivity index (χ0) is 43.5. The third-order valence-electron chi connectivity index (χ3n) is 8.00. The number of hydrogen-bond acceptors (Lipinski definition) is 18. The number of ketones is 1. The highest BCUT2D eigenvalue weighted by Crippen LogP contribution is 2.42. The molecule has 2 aliphatic heterocycles. The minimum absolute atomic E-state index is 0.00567. The second-order valence-electron chi connectivity index (χ2n) is 12.0. The number of aromatic nitrogens is 4. The van der Waals surface area contributed by atoms with Gasteiger partial charge in [-0.3, -0.25) is 33.8 Å². The lowest BCUT2D eigenvalue weighted by molar-refractivity contribution is -0.122. The number of phenolic OH excluding ortho intramolecular Hbond substituents is 2. The zero-order valence-electron chi connectivity index (χ0n) is 30.3. The molecule has 6 rings (SSSR count). The van der Waals surface area contributed by atoms with Crippen molar-refractivity contribution in [1.82, 2.24) is 29.7 Å². The van der Waals surface area contributed by atoms with E-state index in [-0.39, 0.29) is 65.4 Å². The minimum atomic E-state index is -1.17. The van der Waals surface area contributed by atoms with Crippen LogP contribution < -0.4 is 20.9 Å². The number of benzene rings is 2. The van der Waals surface area contributed by atoms with Gasteiger partial charge in [-0.15, -0.1) is 0 Å². The van der Waals surface area contributed by atoms with Gasteiger partial charge in [-0.2, -0.15) is 0 Å². The fraction of sp³-hybridized carbons (Fsp3) is 0.171. The maximum atomic E-state index is 14.5. The normalized spacial score (nSPS) is 16.4. The number of ether oxygens (including phenoxy) is 2. The number of amides is 4. The fourth-order valence-electron chi connectivity index (χ4n) is 4.74. The molecule has 0 radical (unpaired) electrons. The molecule has 0 aliphatic carbocycles. The van der Waals surface area contributed by atoms with Gasteiger partial charge in [0.15, 0.2) is 40.7 Å². The number of nitrogens with zero attached hydrogens (tertiary/aromatic N) is 6. The number of halogens is 4. The van der Waals surface area contributed by atoms with Crippen LogP contribution in [0.4, 0.5) is 30.3 Å². The molecular weight excluding hydrogens is 954 g/mol. The van der Waals surface area contributed by atoms with Gasteiger partial charge >= 0.3 is 0 Å². The van der Waals surface area contributed by atoms with Crippen LogP contribution >= 0.6 is 55.4 Å². The first kappa shape index (κ1) is 44.4. The van der Waals surface area contributed by atoms with Gasteiger partial charge in [0.1, 0.15) is 12.7 Å². The van der Waals surface area contributed by atoms with Crippen LogP contribution in [0.15, 0.2) is 55.7 Å².